The molecule has 7 nitrogen and oxygen atoms in total. The van der Waals surface area contributed by atoms with E-state index in [0.29, 0.717) is 30.4 Å². The third-order valence-corrected chi connectivity index (χ3v) is 7.40. The fourth-order valence-corrected chi connectivity index (χ4v) is 4.64. The van der Waals surface area contributed by atoms with Gasteiger partial charge in [-0.15, -0.1) is 0 Å². The van der Waals surface area contributed by atoms with Crippen LogP contribution in [0, 0.1) is 11.8 Å². The molecule has 1 saturated heterocycles. The van der Waals surface area contributed by atoms with Crippen LogP contribution < -0.4 is 16.4 Å². The Labute approximate surface area is 192 Å². The van der Waals surface area contributed by atoms with E-state index in [2.05, 4.69) is 48.9 Å². The van der Waals surface area contributed by atoms with Crippen molar-refractivity contribution in [2.24, 2.45) is 17.6 Å². The Kier molecular flexibility index (Phi) is 13.4. The number of carbonyl (C=O) groups excluding carboxylic acids is 1. The first kappa shape index (κ1) is 27.6. The van der Waals surface area contributed by atoms with Gasteiger partial charge in [0.25, 0.3) is 0 Å². The highest BCUT2D eigenvalue weighted by molar-refractivity contribution is 7.98. The number of hydrogen-bond donors (Lipinski definition) is 5. The van der Waals surface area contributed by atoms with Gasteiger partial charge in [-0.1, -0.05) is 33.6 Å². The zero-order valence-electron chi connectivity index (χ0n) is 19.0. The van der Waals surface area contributed by atoms with Crippen LogP contribution in [0.2, 0.25) is 0 Å². The van der Waals surface area contributed by atoms with Crippen LogP contribution in [0.3, 0.4) is 0 Å². The van der Waals surface area contributed by atoms with Gasteiger partial charge in [0.1, 0.15) is 6.04 Å². The summed E-state index contributed by atoms with van der Waals surface area (Å²) in [6, 6.07) is -0.896. The smallest absolute Gasteiger partial charge is 0.326 e. The maximum Gasteiger partial charge on any atom is 0.326 e. The van der Waals surface area contributed by atoms with Crippen LogP contribution in [0.1, 0.15) is 46.5 Å². The van der Waals surface area contributed by atoms with Crippen molar-refractivity contribution < 1.29 is 14.7 Å². The van der Waals surface area contributed by atoms with Crippen molar-refractivity contribution in [1.29, 1.82) is 0 Å². The van der Waals surface area contributed by atoms with Crippen LogP contribution in [-0.4, -0.2) is 83.4 Å². The summed E-state index contributed by atoms with van der Waals surface area (Å²) < 4.78 is 0. The zero-order valence-corrected chi connectivity index (χ0v) is 20.7. The predicted octanol–water partition coefficient (Wildman–Crippen LogP) is 1.67. The lowest BCUT2D eigenvalue weighted by Crippen LogP contribution is -2.55. The number of nitrogens with zero attached hydrogens (tertiary/aromatic N) is 1. The number of rotatable bonds is 15. The number of nitrogens with one attached hydrogen (secondary N) is 2. The van der Waals surface area contributed by atoms with E-state index in [9.17, 15) is 14.7 Å². The number of carboxylic acid groups (broad SMARTS) is 1. The molecular formula is C21H42N4O3S2. The van der Waals surface area contributed by atoms with Crippen LogP contribution in [0.15, 0.2) is 0 Å². The second-order valence-corrected chi connectivity index (χ2v) is 9.77. The number of carbonyl (C=O) groups is 2. The lowest BCUT2D eigenvalue weighted by molar-refractivity contribution is -0.142. The molecule has 1 fully saturated rings. The summed E-state index contributed by atoms with van der Waals surface area (Å²) in [6.07, 6.45) is 5.27. The average Bonchev–Trinajstić information content (AvgIpc) is 3.15. The maximum absolute atomic E-state index is 13.2. The van der Waals surface area contributed by atoms with Gasteiger partial charge in [0, 0.05) is 30.9 Å². The molecule has 1 heterocycles. The number of thioether (sulfide) groups is 1. The Morgan fingerprint density at radius 1 is 1.37 bits per heavy atom. The number of nitrogens with two attached hydrogens (primary N) is 1. The third kappa shape index (κ3) is 8.57. The fourth-order valence-electron chi connectivity index (χ4n) is 4.04. The largest absolute Gasteiger partial charge is 0.480 e. The minimum Gasteiger partial charge on any atom is -0.480 e. The van der Waals surface area contributed by atoms with Crippen LogP contribution in [-0.2, 0) is 9.59 Å². The number of thiol groups is 1. The van der Waals surface area contributed by atoms with E-state index < -0.39 is 12.0 Å². The molecule has 6 atom stereocenters. The van der Waals surface area contributed by atoms with Gasteiger partial charge in [-0.25, -0.2) is 4.79 Å². The van der Waals surface area contributed by atoms with Crippen molar-refractivity contribution in [3.05, 3.63) is 0 Å². The van der Waals surface area contributed by atoms with E-state index in [4.69, 9.17) is 5.73 Å². The summed E-state index contributed by atoms with van der Waals surface area (Å²) in [6.45, 7) is 8.79. The quantitative estimate of drug-likeness (QED) is 0.236. The Morgan fingerprint density at radius 3 is 2.60 bits per heavy atom. The molecule has 30 heavy (non-hydrogen) atoms. The van der Waals surface area contributed by atoms with Gasteiger partial charge in [-0.2, -0.15) is 24.4 Å². The maximum atomic E-state index is 13.2. The van der Waals surface area contributed by atoms with Crippen molar-refractivity contribution in [2.45, 2.75) is 70.6 Å². The molecule has 1 unspecified atom stereocenters. The van der Waals surface area contributed by atoms with Gasteiger partial charge in [0.2, 0.25) is 5.91 Å². The highest BCUT2D eigenvalue weighted by atomic mass is 32.2. The molecule has 0 aromatic heterocycles. The Bertz CT molecular complexity index is 526. The van der Waals surface area contributed by atoms with Gasteiger partial charge in [-0.3, -0.25) is 9.69 Å². The fraction of sp³-hybridized carbons (Fsp3) is 0.905. The highest BCUT2D eigenvalue weighted by Gasteiger charge is 2.40. The number of amides is 1. The highest BCUT2D eigenvalue weighted by Crippen LogP contribution is 2.28. The van der Waals surface area contributed by atoms with Crippen molar-refractivity contribution in [3.8, 4) is 0 Å². The Hall–Kier alpha value is -0.480. The standard InChI is InChI=1S/C21H42N4O3S2/c1-5-14(3)18(23-11-16(22)13-29)12-25-9-7-15(6-2)19(25)20(26)24-17(21(27)28)8-10-30-4/h14-19,23,29H,5-13,22H2,1-4H3,(H,24,26)(H,27,28)/t14?,15-,16+,17-,18+,19-/m0/s1. The van der Waals surface area contributed by atoms with E-state index in [1.807, 2.05) is 6.26 Å². The van der Waals surface area contributed by atoms with Crippen LogP contribution in [0.4, 0.5) is 0 Å². The SMILES string of the molecule is CCC(C)[C@@H](CN1CC[C@H](CC)[C@H]1C(=O)N[C@@H](CCSC)C(=O)O)NC[C@@H](N)CS. The summed E-state index contributed by atoms with van der Waals surface area (Å²) in [5.74, 6) is 0.901. The lowest BCUT2D eigenvalue weighted by atomic mass is 9.95. The molecule has 5 N–H and O–H groups in total. The van der Waals surface area contributed by atoms with Crippen molar-refractivity contribution in [2.75, 3.05) is 37.4 Å². The monoisotopic (exact) mass is 462 g/mol. The zero-order chi connectivity index (χ0) is 22.7. The first-order valence-electron chi connectivity index (χ1n) is 11.1. The van der Waals surface area contributed by atoms with E-state index in [1.165, 1.54) is 0 Å². The topological polar surface area (TPSA) is 108 Å². The van der Waals surface area contributed by atoms with E-state index in [-0.39, 0.29) is 30.0 Å². The van der Waals surface area contributed by atoms with Gasteiger partial charge in [0.05, 0.1) is 6.04 Å². The van der Waals surface area contributed by atoms with Crippen molar-refractivity contribution >= 4 is 36.3 Å². The summed E-state index contributed by atoms with van der Waals surface area (Å²) in [4.78, 5) is 27.0. The molecule has 0 saturated carbocycles. The number of hydrogen-bond acceptors (Lipinski definition) is 7. The Morgan fingerprint density at radius 2 is 2.07 bits per heavy atom. The van der Waals surface area contributed by atoms with Crippen molar-refractivity contribution in [1.82, 2.24) is 15.5 Å². The van der Waals surface area contributed by atoms with Gasteiger partial charge < -0.3 is 21.5 Å². The van der Waals surface area contributed by atoms with E-state index in [0.717, 1.165) is 32.4 Å². The molecule has 1 aliphatic rings. The first-order valence-corrected chi connectivity index (χ1v) is 13.2. The van der Waals surface area contributed by atoms with Crippen LogP contribution in [0.25, 0.3) is 0 Å². The summed E-state index contributed by atoms with van der Waals surface area (Å²) in [5.41, 5.74) is 6.04. The minimum absolute atomic E-state index is 0.00582. The molecule has 9 heteroatoms. The molecule has 1 aliphatic heterocycles. The molecule has 0 aromatic carbocycles. The van der Waals surface area contributed by atoms with E-state index in [1.54, 1.807) is 11.8 Å². The number of likely N-dealkylation sites (tertiary alicyclic amines) is 1. The summed E-state index contributed by atoms with van der Waals surface area (Å²) in [7, 11) is 0. The van der Waals surface area contributed by atoms with E-state index >= 15 is 0 Å². The molecular weight excluding hydrogens is 420 g/mol. The number of carboxylic acids is 1. The van der Waals surface area contributed by atoms with Gasteiger partial charge in [0.15, 0.2) is 0 Å². The number of aliphatic carboxylic acids is 1. The van der Waals surface area contributed by atoms with Crippen molar-refractivity contribution in [3.63, 3.8) is 0 Å². The predicted molar refractivity (Wildman–Crippen MR) is 129 cm³/mol. The molecule has 0 radical (unpaired) electrons. The molecule has 176 valence electrons. The molecule has 0 aliphatic carbocycles. The molecule has 1 amide bonds. The molecule has 0 bridgehead atoms. The molecule has 0 aromatic rings. The summed E-state index contributed by atoms with van der Waals surface area (Å²) >= 11 is 5.86. The molecule has 0 spiro atoms. The lowest BCUT2D eigenvalue weighted by Gasteiger charge is -2.34. The Balaban J connectivity index is 2.89. The average molecular weight is 463 g/mol. The first-order chi connectivity index (χ1) is 14.3. The van der Waals surface area contributed by atoms with Gasteiger partial charge in [-0.05, 0) is 43.2 Å². The summed E-state index contributed by atoms with van der Waals surface area (Å²) in [5, 5.41) is 15.9. The van der Waals surface area contributed by atoms with Crippen LogP contribution in [0.5, 0.6) is 0 Å². The minimum atomic E-state index is -0.963. The molecule has 1 rings (SSSR count). The third-order valence-electron chi connectivity index (χ3n) is 6.28. The van der Waals surface area contributed by atoms with Crippen LogP contribution >= 0.6 is 24.4 Å². The normalized spacial score (nSPS) is 23.7. The second kappa shape index (κ2) is 14.6. The van der Waals surface area contributed by atoms with Gasteiger partial charge >= 0.3 is 5.97 Å². The second-order valence-electron chi connectivity index (χ2n) is 8.42.